The molecule has 0 aromatic heterocycles. The Morgan fingerprint density at radius 3 is 2.72 bits per heavy atom. The third kappa shape index (κ3) is 2.65. The first-order chi connectivity index (χ1) is 8.38. The minimum atomic E-state index is -4.52. The van der Waals surface area contributed by atoms with Crippen LogP contribution in [0.15, 0.2) is 29.0 Å². The van der Waals surface area contributed by atoms with Crippen LogP contribution in [-0.4, -0.2) is 24.3 Å². The van der Waals surface area contributed by atoms with Crippen molar-refractivity contribution < 1.29 is 22.3 Å². The van der Waals surface area contributed by atoms with E-state index in [1.165, 1.54) is 12.2 Å². The summed E-state index contributed by atoms with van der Waals surface area (Å²) in [6.07, 6.45) is -2.18. The first-order valence-electron chi connectivity index (χ1n) is 5.47. The van der Waals surface area contributed by atoms with E-state index in [1.807, 2.05) is 0 Å². The summed E-state index contributed by atoms with van der Waals surface area (Å²) in [4.78, 5) is 3.78. The zero-order chi connectivity index (χ0) is 13.3. The van der Waals surface area contributed by atoms with Crippen molar-refractivity contribution in [1.82, 2.24) is 0 Å². The third-order valence-electron chi connectivity index (χ3n) is 2.98. The second kappa shape index (κ2) is 4.62. The summed E-state index contributed by atoms with van der Waals surface area (Å²) in [6.45, 7) is 0. The van der Waals surface area contributed by atoms with Gasteiger partial charge in [-0.15, -0.1) is 0 Å². The van der Waals surface area contributed by atoms with Gasteiger partial charge in [0, 0.05) is 12.3 Å². The summed E-state index contributed by atoms with van der Waals surface area (Å²) in [5.74, 6) is -1.16. The summed E-state index contributed by atoms with van der Waals surface area (Å²) in [5.41, 5.74) is 5.23. The fourth-order valence-electron chi connectivity index (χ4n) is 2.08. The molecular weight excluding hydrogens is 252 g/mol. The largest absolute Gasteiger partial charge is 0.452 e. The Morgan fingerprint density at radius 2 is 2.11 bits per heavy atom. The molecule has 3 atom stereocenters. The van der Waals surface area contributed by atoms with Crippen molar-refractivity contribution in [3.63, 3.8) is 0 Å². The number of hydrogen-bond acceptors (Lipinski definition) is 3. The van der Waals surface area contributed by atoms with Gasteiger partial charge in [0.15, 0.2) is 6.10 Å². The van der Waals surface area contributed by atoms with Crippen molar-refractivity contribution in [1.29, 1.82) is 0 Å². The second-order valence-corrected chi connectivity index (χ2v) is 4.24. The SMILES string of the molecule is NC1=NC(C2CC=CC=C2F)CC(C(F)(F)F)O1. The van der Waals surface area contributed by atoms with Crippen LogP contribution in [0.4, 0.5) is 17.6 Å². The highest BCUT2D eigenvalue weighted by atomic mass is 19.4. The summed E-state index contributed by atoms with van der Waals surface area (Å²) in [6, 6.07) is -1.37. The molecule has 0 aromatic rings. The highest BCUT2D eigenvalue weighted by molar-refractivity contribution is 5.72. The molecule has 3 unspecified atom stereocenters. The van der Waals surface area contributed by atoms with Crippen LogP contribution in [0.25, 0.3) is 0 Å². The van der Waals surface area contributed by atoms with Gasteiger partial charge < -0.3 is 10.5 Å². The Morgan fingerprint density at radius 1 is 1.39 bits per heavy atom. The minimum Gasteiger partial charge on any atom is -0.452 e. The Labute approximate surface area is 101 Å². The maximum atomic E-state index is 13.6. The Bertz CT molecular complexity index is 414. The molecule has 0 fully saturated rings. The maximum Gasteiger partial charge on any atom is 0.425 e. The van der Waals surface area contributed by atoms with Crippen molar-refractivity contribution in [2.75, 3.05) is 0 Å². The number of hydrogen-bond donors (Lipinski definition) is 1. The van der Waals surface area contributed by atoms with E-state index in [0.29, 0.717) is 6.42 Å². The van der Waals surface area contributed by atoms with Crippen LogP contribution >= 0.6 is 0 Å². The van der Waals surface area contributed by atoms with Gasteiger partial charge in [0.1, 0.15) is 5.83 Å². The monoisotopic (exact) mass is 264 g/mol. The lowest BCUT2D eigenvalue weighted by Crippen LogP contribution is -2.44. The molecular formula is C11H12F4N2O. The fourth-order valence-corrected chi connectivity index (χ4v) is 2.08. The molecule has 1 aliphatic heterocycles. The highest BCUT2D eigenvalue weighted by Crippen LogP contribution is 2.35. The average Bonchev–Trinajstić information content (AvgIpc) is 2.27. The van der Waals surface area contributed by atoms with E-state index in [9.17, 15) is 17.6 Å². The van der Waals surface area contributed by atoms with Crippen LogP contribution in [0.5, 0.6) is 0 Å². The lowest BCUT2D eigenvalue weighted by Gasteiger charge is -2.32. The Balaban J connectivity index is 2.17. The van der Waals surface area contributed by atoms with E-state index in [1.54, 1.807) is 6.08 Å². The van der Waals surface area contributed by atoms with Gasteiger partial charge in [-0.1, -0.05) is 12.2 Å². The molecule has 0 radical (unpaired) electrons. The first-order valence-corrected chi connectivity index (χ1v) is 5.47. The molecule has 0 saturated heterocycles. The van der Waals surface area contributed by atoms with Gasteiger partial charge in [0.2, 0.25) is 0 Å². The molecule has 2 aliphatic rings. The van der Waals surface area contributed by atoms with Gasteiger partial charge in [-0.3, -0.25) is 0 Å². The predicted octanol–water partition coefficient (Wildman–Crippen LogP) is 2.45. The number of aliphatic imine (C=N–C) groups is 1. The molecule has 1 heterocycles. The van der Waals surface area contributed by atoms with Crippen LogP contribution in [0.3, 0.4) is 0 Å². The average molecular weight is 264 g/mol. The van der Waals surface area contributed by atoms with E-state index in [2.05, 4.69) is 9.73 Å². The lowest BCUT2D eigenvalue weighted by molar-refractivity contribution is -0.205. The zero-order valence-corrected chi connectivity index (χ0v) is 9.32. The van der Waals surface area contributed by atoms with Crippen molar-refractivity contribution in [2.45, 2.75) is 31.2 Å². The molecule has 0 bridgehead atoms. The number of nitrogens with zero attached hydrogens (tertiary/aromatic N) is 1. The molecule has 100 valence electrons. The molecule has 0 saturated carbocycles. The number of allylic oxidation sites excluding steroid dienone is 3. The van der Waals surface area contributed by atoms with Gasteiger partial charge in [-0.05, 0) is 12.5 Å². The summed E-state index contributed by atoms with van der Waals surface area (Å²) in [7, 11) is 0. The topological polar surface area (TPSA) is 47.6 Å². The molecule has 3 nitrogen and oxygen atoms in total. The van der Waals surface area contributed by atoms with E-state index < -0.39 is 42.5 Å². The van der Waals surface area contributed by atoms with Crippen LogP contribution in [0, 0.1) is 5.92 Å². The summed E-state index contributed by atoms with van der Waals surface area (Å²) in [5, 5.41) is 0. The molecule has 0 spiro atoms. The molecule has 0 amide bonds. The van der Waals surface area contributed by atoms with Crippen LogP contribution in [0.1, 0.15) is 12.8 Å². The highest BCUT2D eigenvalue weighted by Gasteiger charge is 2.47. The molecule has 0 aromatic carbocycles. The fraction of sp³-hybridized carbons (Fsp3) is 0.545. The number of amidine groups is 1. The number of ether oxygens (including phenoxy) is 1. The van der Waals surface area contributed by atoms with Crippen molar-refractivity contribution in [3.05, 3.63) is 24.1 Å². The van der Waals surface area contributed by atoms with Gasteiger partial charge in [-0.25, -0.2) is 9.38 Å². The van der Waals surface area contributed by atoms with Gasteiger partial charge in [0.25, 0.3) is 6.02 Å². The normalized spacial score (nSPS) is 32.6. The molecule has 18 heavy (non-hydrogen) atoms. The van der Waals surface area contributed by atoms with E-state index in [-0.39, 0.29) is 0 Å². The van der Waals surface area contributed by atoms with Crippen LogP contribution in [-0.2, 0) is 4.74 Å². The van der Waals surface area contributed by atoms with Crippen molar-refractivity contribution >= 4 is 6.02 Å². The lowest BCUT2D eigenvalue weighted by atomic mass is 9.88. The van der Waals surface area contributed by atoms with E-state index in [4.69, 9.17) is 5.73 Å². The number of alkyl halides is 3. The molecule has 1 aliphatic carbocycles. The first kappa shape index (κ1) is 12.9. The Hall–Kier alpha value is -1.53. The number of rotatable bonds is 1. The second-order valence-electron chi connectivity index (χ2n) is 4.24. The summed E-state index contributed by atoms with van der Waals surface area (Å²) >= 11 is 0. The quantitative estimate of drug-likeness (QED) is 0.739. The van der Waals surface area contributed by atoms with Crippen LogP contribution in [0.2, 0.25) is 0 Å². The van der Waals surface area contributed by atoms with Gasteiger partial charge in [-0.2, -0.15) is 13.2 Å². The minimum absolute atomic E-state index is 0.314. The van der Waals surface area contributed by atoms with Gasteiger partial charge >= 0.3 is 6.18 Å². The third-order valence-corrected chi connectivity index (χ3v) is 2.98. The van der Waals surface area contributed by atoms with Crippen molar-refractivity contribution in [2.24, 2.45) is 16.6 Å². The van der Waals surface area contributed by atoms with E-state index >= 15 is 0 Å². The Kier molecular flexibility index (Phi) is 3.32. The van der Waals surface area contributed by atoms with E-state index in [0.717, 1.165) is 0 Å². The molecule has 2 N–H and O–H groups in total. The van der Waals surface area contributed by atoms with Crippen LogP contribution < -0.4 is 5.73 Å². The summed E-state index contributed by atoms with van der Waals surface area (Å²) < 4.78 is 55.8. The number of halogens is 4. The predicted molar refractivity (Wildman–Crippen MR) is 57.4 cm³/mol. The van der Waals surface area contributed by atoms with Crippen molar-refractivity contribution in [3.8, 4) is 0 Å². The van der Waals surface area contributed by atoms with Gasteiger partial charge in [0.05, 0.1) is 6.04 Å². The smallest absolute Gasteiger partial charge is 0.425 e. The maximum absolute atomic E-state index is 13.6. The molecule has 2 rings (SSSR count). The zero-order valence-electron chi connectivity index (χ0n) is 9.32. The molecule has 7 heteroatoms. The number of nitrogens with two attached hydrogens (primary N) is 1. The standard InChI is InChI=1S/C11H12F4N2O/c12-7-4-2-1-3-6(7)8-5-9(11(13,14)15)18-10(16)17-8/h1-2,4,6,8-9H,3,5H2,(H2,16,17).